The summed E-state index contributed by atoms with van der Waals surface area (Å²) in [7, 11) is 1.64. The van der Waals surface area contributed by atoms with Gasteiger partial charge in [-0.1, -0.05) is 42.5 Å². The van der Waals surface area contributed by atoms with Crippen molar-refractivity contribution in [3.05, 3.63) is 72.3 Å². The Balaban J connectivity index is 2.01. The lowest BCUT2D eigenvalue weighted by molar-refractivity contribution is 0.112. The van der Waals surface area contributed by atoms with E-state index in [-0.39, 0.29) is 6.10 Å². The van der Waals surface area contributed by atoms with E-state index in [1.54, 1.807) is 7.11 Å². The number of rotatable bonds is 6. The molecule has 3 aromatic rings. The molecule has 0 saturated heterocycles. The van der Waals surface area contributed by atoms with Crippen molar-refractivity contribution >= 4 is 6.29 Å². The molecule has 26 heavy (non-hydrogen) atoms. The van der Waals surface area contributed by atoms with Gasteiger partial charge in [0.2, 0.25) is 0 Å². The molecule has 3 heteroatoms. The molecule has 0 radical (unpaired) electrons. The van der Waals surface area contributed by atoms with E-state index < -0.39 is 0 Å². The third-order valence-corrected chi connectivity index (χ3v) is 4.16. The Bertz CT molecular complexity index is 878. The van der Waals surface area contributed by atoms with Crippen LogP contribution in [0.3, 0.4) is 0 Å². The van der Waals surface area contributed by atoms with E-state index >= 15 is 0 Å². The lowest BCUT2D eigenvalue weighted by atomic mass is 9.92. The number of carbonyl (C=O) groups excluding carboxylic acids is 1. The Morgan fingerprint density at radius 2 is 1.27 bits per heavy atom. The fraction of sp³-hybridized carbons (Fsp3) is 0.174. The van der Waals surface area contributed by atoms with Crippen LogP contribution in [0.2, 0.25) is 0 Å². The Morgan fingerprint density at radius 1 is 0.769 bits per heavy atom. The monoisotopic (exact) mass is 346 g/mol. The molecule has 0 N–H and O–H groups in total. The minimum absolute atomic E-state index is 0.129. The summed E-state index contributed by atoms with van der Waals surface area (Å²) in [6, 6.07) is 21.5. The van der Waals surface area contributed by atoms with Gasteiger partial charge >= 0.3 is 0 Å². The molecule has 0 spiro atoms. The van der Waals surface area contributed by atoms with E-state index in [9.17, 15) is 4.79 Å². The molecule has 0 aromatic heterocycles. The van der Waals surface area contributed by atoms with Gasteiger partial charge in [-0.15, -0.1) is 0 Å². The largest absolute Gasteiger partial charge is 0.497 e. The standard InChI is InChI=1S/C23H22O3/c1-16(2)26-20-13-9-18(10-14-20)22-6-4-5-21(23(22)15-24)17-7-11-19(25-3)12-8-17/h4-16H,1-3H3. The van der Waals surface area contributed by atoms with Gasteiger partial charge in [0.15, 0.2) is 6.29 Å². The molecule has 3 rings (SSSR count). The lowest BCUT2D eigenvalue weighted by Gasteiger charge is -2.13. The molecular weight excluding hydrogens is 324 g/mol. The molecule has 0 unspecified atom stereocenters. The Hall–Kier alpha value is -3.07. The van der Waals surface area contributed by atoms with Crippen molar-refractivity contribution in [2.75, 3.05) is 7.11 Å². The lowest BCUT2D eigenvalue weighted by Crippen LogP contribution is -2.05. The maximum atomic E-state index is 11.9. The van der Waals surface area contributed by atoms with Crippen LogP contribution in [0, 0.1) is 0 Å². The van der Waals surface area contributed by atoms with Crippen molar-refractivity contribution in [1.82, 2.24) is 0 Å². The van der Waals surface area contributed by atoms with Crippen LogP contribution >= 0.6 is 0 Å². The van der Waals surface area contributed by atoms with Gasteiger partial charge in [0.25, 0.3) is 0 Å². The quantitative estimate of drug-likeness (QED) is 0.543. The highest BCUT2D eigenvalue weighted by Crippen LogP contribution is 2.33. The number of hydrogen-bond donors (Lipinski definition) is 0. The van der Waals surface area contributed by atoms with Crippen molar-refractivity contribution in [2.45, 2.75) is 20.0 Å². The molecule has 0 aliphatic carbocycles. The van der Waals surface area contributed by atoms with Gasteiger partial charge in [-0.05, 0) is 60.4 Å². The van der Waals surface area contributed by atoms with Crippen molar-refractivity contribution in [2.24, 2.45) is 0 Å². The zero-order valence-electron chi connectivity index (χ0n) is 15.2. The van der Waals surface area contributed by atoms with E-state index in [0.717, 1.165) is 40.0 Å². The van der Waals surface area contributed by atoms with Gasteiger partial charge in [0.1, 0.15) is 11.5 Å². The fourth-order valence-electron chi connectivity index (χ4n) is 2.95. The summed E-state index contributed by atoms with van der Waals surface area (Å²) in [5, 5.41) is 0. The molecule has 132 valence electrons. The summed E-state index contributed by atoms with van der Waals surface area (Å²) in [6.45, 7) is 3.99. The molecule has 3 aromatic carbocycles. The summed E-state index contributed by atoms with van der Waals surface area (Å²) >= 11 is 0. The van der Waals surface area contributed by atoms with Gasteiger partial charge in [0, 0.05) is 5.56 Å². The first-order valence-corrected chi connectivity index (χ1v) is 8.62. The van der Waals surface area contributed by atoms with E-state index in [2.05, 4.69) is 0 Å². The minimum Gasteiger partial charge on any atom is -0.497 e. The third-order valence-electron chi connectivity index (χ3n) is 4.16. The van der Waals surface area contributed by atoms with Crippen molar-refractivity contribution < 1.29 is 14.3 Å². The molecule has 3 nitrogen and oxygen atoms in total. The zero-order chi connectivity index (χ0) is 18.5. The second-order valence-corrected chi connectivity index (χ2v) is 6.30. The first-order valence-electron chi connectivity index (χ1n) is 8.62. The summed E-state index contributed by atoms with van der Waals surface area (Å²) in [4.78, 5) is 11.9. The van der Waals surface area contributed by atoms with Crippen molar-refractivity contribution in [3.8, 4) is 33.8 Å². The maximum absolute atomic E-state index is 11.9. The average molecular weight is 346 g/mol. The molecule has 0 fully saturated rings. The topological polar surface area (TPSA) is 35.5 Å². The van der Waals surface area contributed by atoms with Crippen LogP contribution in [0.1, 0.15) is 24.2 Å². The molecule has 0 heterocycles. The van der Waals surface area contributed by atoms with Crippen LogP contribution in [0.25, 0.3) is 22.3 Å². The highest BCUT2D eigenvalue weighted by Gasteiger charge is 2.11. The summed E-state index contributed by atoms with van der Waals surface area (Å²) in [5.74, 6) is 1.61. The molecule has 0 aliphatic heterocycles. The maximum Gasteiger partial charge on any atom is 0.151 e. The first kappa shape index (κ1) is 17.7. The van der Waals surface area contributed by atoms with Gasteiger partial charge < -0.3 is 9.47 Å². The van der Waals surface area contributed by atoms with Crippen LogP contribution in [0.5, 0.6) is 11.5 Å². The van der Waals surface area contributed by atoms with E-state index in [1.165, 1.54) is 0 Å². The van der Waals surface area contributed by atoms with Crippen LogP contribution in [-0.4, -0.2) is 19.5 Å². The Kier molecular flexibility index (Phi) is 5.37. The molecule has 0 aliphatic rings. The normalized spacial score (nSPS) is 10.6. The van der Waals surface area contributed by atoms with Gasteiger partial charge in [-0.25, -0.2) is 0 Å². The predicted molar refractivity (Wildman–Crippen MR) is 105 cm³/mol. The number of ether oxygens (including phenoxy) is 2. The highest BCUT2D eigenvalue weighted by atomic mass is 16.5. The Morgan fingerprint density at radius 3 is 1.69 bits per heavy atom. The summed E-state index contributed by atoms with van der Waals surface area (Å²) < 4.78 is 10.9. The fourth-order valence-corrected chi connectivity index (χ4v) is 2.95. The number of hydrogen-bond acceptors (Lipinski definition) is 3. The molecule has 0 atom stereocenters. The smallest absolute Gasteiger partial charge is 0.151 e. The van der Waals surface area contributed by atoms with E-state index in [4.69, 9.17) is 9.47 Å². The van der Waals surface area contributed by atoms with Crippen LogP contribution in [0.4, 0.5) is 0 Å². The van der Waals surface area contributed by atoms with E-state index in [0.29, 0.717) is 5.56 Å². The average Bonchev–Trinajstić information content (AvgIpc) is 2.67. The predicted octanol–water partition coefficient (Wildman–Crippen LogP) is 5.63. The van der Waals surface area contributed by atoms with Gasteiger partial charge in [0.05, 0.1) is 13.2 Å². The zero-order valence-corrected chi connectivity index (χ0v) is 15.2. The number of aldehydes is 1. The van der Waals surface area contributed by atoms with Gasteiger partial charge in [-0.2, -0.15) is 0 Å². The second kappa shape index (κ2) is 7.87. The van der Waals surface area contributed by atoms with E-state index in [1.807, 2.05) is 80.6 Å². The number of benzene rings is 3. The SMILES string of the molecule is COc1ccc(-c2cccc(-c3ccc(OC(C)C)cc3)c2C=O)cc1. The summed E-state index contributed by atoms with van der Waals surface area (Å²) in [5.41, 5.74) is 4.45. The molecular formula is C23H22O3. The molecule has 0 saturated carbocycles. The highest BCUT2D eigenvalue weighted by molar-refractivity contribution is 5.96. The first-order chi connectivity index (χ1) is 12.6. The van der Waals surface area contributed by atoms with Crippen LogP contribution < -0.4 is 9.47 Å². The molecule has 0 amide bonds. The van der Waals surface area contributed by atoms with Crippen molar-refractivity contribution in [3.63, 3.8) is 0 Å². The van der Waals surface area contributed by atoms with Crippen molar-refractivity contribution in [1.29, 1.82) is 0 Å². The third kappa shape index (κ3) is 3.77. The van der Waals surface area contributed by atoms with Crippen LogP contribution in [-0.2, 0) is 0 Å². The number of methoxy groups -OCH3 is 1. The number of carbonyl (C=O) groups is 1. The summed E-state index contributed by atoms with van der Waals surface area (Å²) in [6.07, 6.45) is 1.05. The van der Waals surface area contributed by atoms with Crippen LogP contribution in [0.15, 0.2) is 66.7 Å². The molecule has 0 bridgehead atoms. The van der Waals surface area contributed by atoms with Gasteiger partial charge in [-0.3, -0.25) is 4.79 Å². The Labute approximate surface area is 154 Å². The minimum atomic E-state index is 0.129. The second-order valence-electron chi connectivity index (χ2n) is 6.30.